The van der Waals surface area contributed by atoms with Gasteiger partial charge in [0.1, 0.15) is 12.7 Å². The molecule has 0 radical (unpaired) electrons. The van der Waals surface area contributed by atoms with Gasteiger partial charge in [-0.15, -0.1) is 0 Å². The second-order valence-electron chi connectivity index (χ2n) is 4.92. The highest BCUT2D eigenvalue weighted by Crippen LogP contribution is 2.25. The zero-order valence-electron chi connectivity index (χ0n) is 12.0. The third-order valence-electron chi connectivity index (χ3n) is 3.30. The quantitative estimate of drug-likeness (QED) is 0.790. The summed E-state index contributed by atoms with van der Waals surface area (Å²) in [7, 11) is 0. The van der Waals surface area contributed by atoms with Gasteiger partial charge in [0.15, 0.2) is 0 Å². The minimum Gasteiger partial charge on any atom is -0.459 e. The molecule has 1 heterocycles. The van der Waals surface area contributed by atoms with Crippen LogP contribution in [-0.2, 0) is 9.57 Å². The molecule has 1 aliphatic heterocycles. The molecule has 0 unspecified atom stereocenters. The summed E-state index contributed by atoms with van der Waals surface area (Å²) in [6, 6.07) is 14.4. The van der Waals surface area contributed by atoms with E-state index in [1.807, 2.05) is 24.3 Å². The predicted molar refractivity (Wildman–Crippen MR) is 91.9 cm³/mol. The van der Waals surface area contributed by atoms with E-state index in [2.05, 4.69) is 21.4 Å². The number of benzene rings is 2. The van der Waals surface area contributed by atoms with Crippen molar-refractivity contribution in [1.29, 1.82) is 0 Å². The van der Waals surface area contributed by atoms with Crippen LogP contribution in [0.3, 0.4) is 0 Å². The molecule has 1 N–H and O–H groups in total. The van der Waals surface area contributed by atoms with E-state index in [9.17, 15) is 4.79 Å². The molecule has 0 aromatic heterocycles. The van der Waals surface area contributed by atoms with Gasteiger partial charge in [-0.1, -0.05) is 45.7 Å². The highest BCUT2D eigenvalue weighted by molar-refractivity contribution is 9.10. The van der Waals surface area contributed by atoms with E-state index in [0.717, 1.165) is 15.7 Å². The number of hydroxylamine groups is 1. The number of carbonyl (C=O) groups is 1. The fourth-order valence-corrected chi connectivity index (χ4v) is 2.63. The third-order valence-corrected chi connectivity index (χ3v) is 4.15. The summed E-state index contributed by atoms with van der Waals surface area (Å²) in [6.45, 7) is 0.121. The van der Waals surface area contributed by atoms with E-state index >= 15 is 0 Å². The number of hydrogen-bond acceptors (Lipinski definition) is 4. The molecule has 3 rings (SSSR count). The van der Waals surface area contributed by atoms with E-state index < -0.39 is 0 Å². The van der Waals surface area contributed by atoms with Gasteiger partial charge in [0.25, 0.3) is 0 Å². The summed E-state index contributed by atoms with van der Waals surface area (Å²) >= 11 is 9.47. The molecular weight excluding hydrogens is 382 g/mol. The van der Waals surface area contributed by atoms with Gasteiger partial charge in [-0.2, -0.15) is 0 Å². The number of nitrogens with one attached hydrogen (secondary N) is 1. The zero-order valence-corrected chi connectivity index (χ0v) is 14.3. The summed E-state index contributed by atoms with van der Waals surface area (Å²) in [4.78, 5) is 17.4. The summed E-state index contributed by atoms with van der Waals surface area (Å²) in [6.07, 6.45) is 1.48. The van der Waals surface area contributed by atoms with Gasteiger partial charge in [-0.3, -0.25) is 10.3 Å². The van der Waals surface area contributed by atoms with Gasteiger partial charge >= 0.3 is 5.97 Å². The molecule has 0 saturated carbocycles. The molecular formula is C17H13BrClNO3. The number of halogens is 2. The number of ether oxygens (including phenoxy) is 1. The lowest BCUT2D eigenvalue weighted by atomic mass is 10.1. The van der Waals surface area contributed by atoms with Crippen LogP contribution in [0, 0.1) is 0 Å². The molecule has 0 spiro atoms. The van der Waals surface area contributed by atoms with Crippen molar-refractivity contribution in [3.63, 3.8) is 0 Å². The molecule has 0 saturated heterocycles. The maximum Gasteiger partial charge on any atom is 0.338 e. The topological polar surface area (TPSA) is 47.6 Å². The fraction of sp³-hybridized carbons (Fsp3) is 0.118. The van der Waals surface area contributed by atoms with E-state index in [0.29, 0.717) is 10.6 Å². The van der Waals surface area contributed by atoms with Crippen LogP contribution in [0.25, 0.3) is 5.70 Å². The van der Waals surface area contributed by atoms with Crippen molar-refractivity contribution < 1.29 is 14.4 Å². The Balaban J connectivity index is 1.60. The first-order valence-corrected chi connectivity index (χ1v) is 8.11. The average molecular weight is 395 g/mol. The van der Waals surface area contributed by atoms with E-state index in [-0.39, 0.29) is 18.7 Å². The molecule has 23 heavy (non-hydrogen) atoms. The van der Waals surface area contributed by atoms with Crippen LogP contribution in [0.5, 0.6) is 0 Å². The van der Waals surface area contributed by atoms with Crippen LogP contribution in [0.15, 0.2) is 59.1 Å². The molecule has 2 aromatic carbocycles. The van der Waals surface area contributed by atoms with Gasteiger partial charge in [0, 0.05) is 15.1 Å². The lowest BCUT2D eigenvalue weighted by Gasteiger charge is -2.09. The Morgan fingerprint density at radius 1 is 1.22 bits per heavy atom. The smallest absolute Gasteiger partial charge is 0.338 e. The Morgan fingerprint density at radius 3 is 2.70 bits per heavy atom. The fourth-order valence-electron chi connectivity index (χ4n) is 2.13. The SMILES string of the molecule is O=C(OC[C@H]1C=C(c2ccccc2Cl)NO1)c1ccc(Br)cc1. The molecule has 118 valence electrons. The second kappa shape index (κ2) is 7.17. The first-order valence-electron chi connectivity index (χ1n) is 6.94. The third kappa shape index (κ3) is 3.93. The van der Waals surface area contributed by atoms with E-state index in [1.54, 1.807) is 30.3 Å². The maximum absolute atomic E-state index is 12.0. The molecule has 0 bridgehead atoms. The van der Waals surface area contributed by atoms with Crippen molar-refractivity contribution in [2.45, 2.75) is 6.10 Å². The summed E-state index contributed by atoms with van der Waals surface area (Å²) in [5.41, 5.74) is 4.92. The van der Waals surface area contributed by atoms with Crippen LogP contribution in [0.2, 0.25) is 5.02 Å². The van der Waals surface area contributed by atoms with Crippen LogP contribution in [0.1, 0.15) is 15.9 Å². The number of carbonyl (C=O) groups excluding carboxylic acids is 1. The maximum atomic E-state index is 12.0. The van der Waals surface area contributed by atoms with Crippen molar-refractivity contribution in [1.82, 2.24) is 5.48 Å². The molecule has 0 aliphatic carbocycles. The largest absolute Gasteiger partial charge is 0.459 e. The number of rotatable bonds is 4. The van der Waals surface area contributed by atoms with Gasteiger partial charge in [0.05, 0.1) is 11.3 Å². The molecule has 4 nitrogen and oxygen atoms in total. The summed E-state index contributed by atoms with van der Waals surface area (Å²) in [5, 5.41) is 0.627. The lowest BCUT2D eigenvalue weighted by Crippen LogP contribution is -2.20. The van der Waals surface area contributed by atoms with Gasteiger partial charge < -0.3 is 4.74 Å². The molecule has 6 heteroatoms. The van der Waals surface area contributed by atoms with E-state index in [1.165, 1.54) is 0 Å². The predicted octanol–water partition coefficient (Wildman–Crippen LogP) is 4.20. The first-order chi connectivity index (χ1) is 11.1. The van der Waals surface area contributed by atoms with Crippen LogP contribution < -0.4 is 5.48 Å². The Morgan fingerprint density at radius 2 is 1.96 bits per heavy atom. The monoisotopic (exact) mass is 393 g/mol. The zero-order chi connectivity index (χ0) is 16.2. The minimum atomic E-state index is -0.388. The minimum absolute atomic E-state index is 0.121. The Kier molecular flexibility index (Phi) is 5.00. The highest BCUT2D eigenvalue weighted by Gasteiger charge is 2.20. The Bertz CT molecular complexity index is 746. The molecule has 1 atom stereocenters. The number of esters is 1. The normalized spacial score (nSPS) is 16.6. The van der Waals surface area contributed by atoms with Crippen molar-refractivity contribution in [3.05, 3.63) is 75.2 Å². The van der Waals surface area contributed by atoms with E-state index in [4.69, 9.17) is 21.2 Å². The van der Waals surface area contributed by atoms with Gasteiger partial charge in [-0.25, -0.2) is 4.79 Å². The van der Waals surface area contributed by atoms with Crippen molar-refractivity contribution in [2.24, 2.45) is 0 Å². The summed E-state index contributed by atoms with van der Waals surface area (Å²) in [5.74, 6) is -0.388. The van der Waals surface area contributed by atoms with Crippen molar-refractivity contribution in [3.8, 4) is 0 Å². The average Bonchev–Trinajstić information content (AvgIpc) is 3.02. The van der Waals surface area contributed by atoms with Gasteiger partial charge in [0.2, 0.25) is 0 Å². The molecule has 0 fully saturated rings. The van der Waals surface area contributed by atoms with Gasteiger partial charge in [-0.05, 0) is 36.4 Å². The number of hydrogen-bond donors (Lipinski definition) is 1. The first kappa shape index (κ1) is 16.1. The molecule has 2 aromatic rings. The lowest BCUT2D eigenvalue weighted by molar-refractivity contribution is -0.00353. The van der Waals surface area contributed by atoms with Crippen molar-refractivity contribution in [2.75, 3.05) is 6.61 Å². The Hall–Kier alpha value is -1.82. The second-order valence-corrected chi connectivity index (χ2v) is 6.25. The Labute approximate surface area is 147 Å². The standard InChI is InChI=1S/C17H13BrClNO3/c18-12-7-5-11(6-8-12)17(21)22-10-13-9-16(20-23-13)14-3-1-2-4-15(14)19/h1-9,13,20H,10H2/t13-/m1/s1. The van der Waals surface area contributed by atoms with Crippen LogP contribution >= 0.6 is 27.5 Å². The molecule has 1 aliphatic rings. The van der Waals surface area contributed by atoms with Crippen LogP contribution in [-0.4, -0.2) is 18.7 Å². The van der Waals surface area contributed by atoms with Crippen molar-refractivity contribution >= 4 is 39.2 Å². The highest BCUT2D eigenvalue weighted by atomic mass is 79.9. The summed E-state index contributed by atoms with van der Waals surface area (Å²) < 4.78 is 6.18. The van der Waals surface area contributed by atoms with Crippen LogP contribution in [0.4, 0.5) is 0 Å². The molecule has 0 amide bonds.